The predicted molar refractivity (Wildman–Crippen MR) is 409 cm³/mol. The molecule has 0 spiro atoms. The van der Waals surface area contributed by atoms with E-state index in [1.807, 2.05) is 121 Å². The summed E-state index contributed by atoms with van der Waals surface area (Å²) < 4.78 is 4.38. The van der Waals surface area contributed by atoms with Crippen molar-refractivity contribution >= 4 is 8.60 Å². The Morgan fingerprint density at radius 2 is 0.423 bits per heavy atom. The molecule has 4 aromatic carbocycles. The molecule has 11 heteroatoms. The zero-order chi connectivity index (χ0) is 70.5. The standard InChI is InChI=1S/C81H132O4.C5H13O6P/c1-5-9-13-17-21-25-29-33-37-41-57-69-77(82,73-61-49-45-50-62-73)81(78(83,74-63-51-46-52-64-74)70-58-42-38-34-30-26-22-18-14-10-6-2,79(84,75-65-53-47-54-66-75)71-59-43-39-35-31-27-23-19-15-11-7-3)80(85,76-67-55-48-56-68-76)72-60-44-40-36-32-28-24-20-16-12-8-4;6-1-5(2-7,3-8)4-11-12(9)10/h45-56,61-68,82-85H,5-44,57-60,69-72H2,1-4H3;6-10H,1-4H2. The molecule has 4 atom stereocenters. The van der Waals surface area contributed by atoms with Crippen LogP contribution in [0.1, 0.15) is 358 Å². The smallest absolute Gasteiger partial charge is 0.327 e. The Morgan fingerprint density at radius 3 is 0.577 bits per heavy atom. The third kappa shape index (κ3) is 30.0. The van der Waals surface area contributed by atoms with E-state index in [2.05, 4.69) is 32.2 Å². The zero-order valence-corrected chi connectivity index (χ0v) is 63.1. The van der Waals surface area contributed by atoms with E-state index in [-0.39, 0.29) is 32.3 Å². The lowest BCUT2D eigenvalue weighted by Gasteiger charge is -2.69. The number of hydrogen-bond acceptors (Lipinski definition) is 10. The van der Waals surface area contributed by atoms with E-state index in [0.717, 1.165) is 77.0 Å². The van der Waals surface area contributed by atoms with Gasteiger partial charge in [-0.15, -0.1) is 0 Å². The molecule has 0 aliphatic rings. The van der Waals surface area contributed by atoms with Crippen molar-refractivity contribution in [2.24, 2.45) is 10.8 Å². The monoisotopic (exact) mass is 1370 g/mol. The third-order valence-electron chi connectivity index (χ3n) is 21.5. The fraction of sp³-hybridized carbons (Fsp3) is 0.721. The second kappa shape index (κ2) is 53.7. The van der Waals surface area contributed by atoms with Gasteiger partial charge in [-0.25, -0.2) is 0 Å². The summed E-state index contributed by atoms with van der Waals surface area (Å²) in [6, 6.07) is 40.6. The molecule has 97 heavy (non-hydrogen) atoms. The number of benzene rings is 4. The molecule has 0 aliphatic carbocycles. The van der Waals surface area contributed by atoms with E-state index in [0.29, 0.717) is 47.9 Å². The van der Waals surface area contributed by atoms with Gasteiger partial charge in [-0.2, -0.15) is 0 Å². The normalized spacial score (nSPS) is 15.1. The minimum absolute atomic E-state index is 0.266. The number of aliphatic hydroxyl groups is 7. The van der Waals surface area contributed by atoms with Crippen LogP contribution in [0, 0.1) is 10.8 Å². The molecule has 9 N–H and O–H groups in total. The first-order valence-electron chi connectivity index (χ1n) is 40.0. The first-order valence-corrected chi connectivity index (χ1v) is 41.2. The maximum Gasteiger partial charge on any atom is 0.327 e. The van der Waals surface area contributed by atoms with Crippen LogP contribution in [-0.4, -0.2) is 72.0 Å². The lowest BCUT2D eigenvalue weighted by molar-refractivity contribution is -0.372. The summed E-state index contributed by atoms with van der Waals surface area (Å²) in [6.07, 6.45) is 52.2. The molecule has 0 saturated heterocycles. The summed E-state index contributed by atoms with van der Waals surface area (Å²) in [7, 11) is -2.52. The van der Waals surface area contributed by atoms with Crippen molar-refractivity contribution in [3.05, 3.63) is 144 Å². The minimum Gasteiger partial charge on any atom is -0.396 e. The number of unbranched alkanes of at least 4 members (excludes halogenated alkanes) is 40. The van der Waals surface area contributed by atoms with Gasteiger partial charge < -0.3 is 50.1 Å². The Morgan fingerprint density at radius 1 is 0.258 bits per heavy atom. The summed E-state index contributed by atoms with van der Waals surface area (Å²) in [5, 5.41) is 88.5. The van der Waals surface area contributed by atoms with E-state index in [9.17, 15) is 0 Å². The van der Waals surface area contributed by atoms with Crippen molar-refractivity contribution in [1.82, 2.24) is 0 Å². The van der Waals surface area contributed by atoms with Crippen molar-refractivity contribution < 1.29 is 50.1 Å². The van der Waals surface area contributed by atoms with Crippen molar-refractivity contribution in [2.45, 2.75) is 358 Å². The third-order valence-corrected chi connectivity index (χ3v) is 21.9. The number of rotatable bonds is 62. The average molecular weight is 1370 g/mol. The first-order chi connectivity index (χ1) is 47.3. The van der Waals surface area contributed by atoms with Crippen molar-refractivity contribution in [1.29, 1.82) is 0 Å². The molecule has 0 aliphatic heterocycles. The van der Waals surface area contributed by atoms with Gasteiger partial charge in [0, 0.05) is 0 Å². The SMILES string of the molecule is CCCCCCCCCCCCCC(O)(c1ccccc1)C(C(O)(CCCCCCCCCCCCC)c1ccccc1)(C(O)(CCCCCCCCCCCCC)c1ccccc1)C(O)(CCCCCCCCCCCCC)c1ccccc1.OCC(CO)(CO)COP(O)O. The van der Waals surface area contributed by atoms with Gasteiger partial charge >= 0.3 is 8.60 Å². The lowest BCUT2D eigenvalue weighted by atomic mass is 9.39. The van der Waals surface area contributed by atoms with Crippen molar-refractivity contribution in [3.8, 4) is 0 Å². The topological polar surface area (TPSA) is 191 Å². The molecule has 4 rings (SSSR count). The molecule has 0 radical (unpaired) electrons. The average Bonchev–Trinajstić information content (AvgIpc) is 0.658. The van der Waals surface area contributed by atoms with Crippen molar-refractivity contribution in [3.63, 3.8) is 0 Å². The molecule has 0 heterocycles. The first kappa shape index (κ1) is 88.1. The van der Waals surface area contributed by atoms with Crippen LogP contribution in [0.15, 0.2) is 121 Å². The highest BCUT2D eigenvalue weighted by molar-refractivity contribution is 7.39. The second-order valence-corrected chi connectivity index (χ2v) is 30.1. The summed E-state index contributed by atoms with van der Waals surface area (Å²) in [5.41, 5.74) is -8.57. The number of hydrogen-bond donors (Lipinski definition) is 9. The van der Waals surface area contributed by atoms with E-state index in [1.54, 1.807) is 0 Å². The molecule has 554 valence electrons. The van der Waals surface area contributed by atoms with Gasteiger partial charge in [0.05, 0.1) is 31.8 Å². The van der Waals surface area contributed by atoms with Gasteiger partial charge in [-0.1, -0.05) is 432 Å². The Hall–Kier alpha value is -3.09. The van der Waals surface area contributed by atoms with Gasteiger partial charge in [0.25, 0.3) is 0 Å². The quantitative estimate of drug-likeness (QED) is 0.0152. The molecule has 0 saturated carbocycles. The van der Waals surface area contributed by atoms with E-state index in [4.69, 9.17) is 25.1 Å². The fourth-order valence-electron chi connectivity index (χ4n) is 15.8. The van der Waals surface area contributed by atoms with E-state index < -0.39 is 61.7 Å². The van der Waals surface area contributed by atoms with Crippen LogP contribution in [0.5, 0.6) is 0 Å². The Kier molecular flexibility index (Phi) is 48.8. The maximum absolute atomic E-state index is 15.6. The predicted octanol–water partition coefficient (Wildman–Crippen LogP) is 22.5. The molecular formula is C86H145O10P. The molecule has 4 aromatic rings. The highest BCUT2D eigenvalue weighted by Crippen LogP contribution is 2.73. The summed E-state index contributed by atoms with van der Waals surface area (Å²) in [4.78, 5) is 16.7. The molecule has 0 fully saturated rings. The van der Waals surface area contributed by atoms with Crippen molar-refractivity contribution in [2.75, 3.05) is 26.4 Å². The van der Waals surface area contributed by atoms with Crippen LogP contribution >= 0.6 is 8.60 Å². The zero-order valence-electron chi connectivity index (χ0n) is 62.2. The maximum atomic E-state index is 15.6. The van der Waals surface area contributed by atoms with Crippen LogP contribution in [0.3, 0.4) is 0 Å². The minimum atomic E-state index is -2.52. The molecule has 10 nitrogen and oxygen atoms in total. The lowest BCUT2D eigenvalue weighted by Crippen LogP contribution is -2.76. The van der Waals surface area contributed by atoms with Gasteiger partial charge in [0.2, 0.25) is 0 Å². The van der Waals surface area contributed by atoms with Gasteiger partial charge in [0.1, 0.15) is 27.8 Å². The van der Waals surface area contributed by atoms with Crippen LogP contribution in [0.2, 0.25) is 0 Å². The van der Waals surface area contributed by atoms with E-state index >= 15 is 20.4 Å². The van der Waals surface area contributed by atoms with Gasteiger partial charge in [0.15, 0.2) is 0 Å². The van der Waals surface area contributed by atoms with Gasteiger partial charge in [-0.3, -0.25) is 0 Å². The van der Waals surface area contributed by atoms with Gasteiger partial charge in [-0.05, 0) is 47.9 Å². The van der Waals surface area contributed by atoms with Crippen LogP contribution in [0.25, 0.3) is 0 Å². The largest absolute Gasteiger partial charge is 0.396 e. The second-order valence-electron chi connectivity index (χ2n) is 29.3. The molecule has 4 unspecified atom stereocenters. The Bertz CT molecular complexity index is 2080. The van der Waals surface area contributed by atoms with Crippen LogP contribution in [-0.2, 0) is 26.9 Å². The fourth-order valence-corrected chi connectivity index (χ4v) is 16.2. The van der Waals surface area contributed by atoms with E-state index in [1.165, 1.54) is 180 Å². The highest BCUT2D eigenvalue weighted by atomic mass is 31.2. The molecule has 0 bridgehead atoms. The molecule has 0 amide bonds. The summed E-state index contributed by atoms with van der Waals surface area (Å²) in [5.74, 6) is 0. The summed E-state index contributed by atoms with van der Waals surface area (Å²) >= 11 is 0. The summed E-state index contributed by atoms with van der Waals surface area (Å²) in [6.45, 7) is 7.40. The molecule has 0 aromatic heterocycles. The van der Waals surface area contributed by atoms with Crippen LogP contribution < -0.4 is 0 Å². The highest BCUT2D eigenvalue weighted by Gasteiger charge is 2.79. The van der Waals surface area contributed by atoms with Crippen LogP contribution in [0.4, 0.5) is 0 Å². The molecular weight excluding hydrogens is 1220 g/mol. The Balaban J connectivity index is 0.00000185. The Labute approximate surface area is 594 Å². The number of aliphatic hydroxyl groups excluding tert-OH is 3.